The number of aryl methyl sites for hydroxylation is 3. The average molecular weight is 920 g/mol. The zero-order chi connectivity index (χ0) is 46.5. The van der Waals surface area contributed by atoms with Gasteiger partial charge in [0.1, 0.15) is 11.5 Å². The summed E-state index contributed by atoms with van der Waals surface area (Å²) < 4.78 is 17.0. The van der Waals surface area contributed by atoms with E-state index in [1.54, 1.807) is 47.1 Å². The van der Waals surface area contributed by atoms with Crippen molar-refractivity contribution in [3.8, 4) is 0 Å². The van der Waals surface area contributed by atoms with Gasteiger partial charge in [0.15, 0.2) is 0 Å². The fraction of sp³-hybridized carbons (Fsp3) is 0.551. The molecule has 0 unspecified atom stereocenters. The van der Waals surface area contributed by atoms with Crippen LogP contribution in [0.5, 0.6) is 0 Å². The second-order valence-corrected chi connectivity index (χ2v) is 19.9. The highest BCUT2D eigenvalue weighted by atomic mass is 35.5. The topological polar surface area (TPSA) is 140 Å². The first-order valence-corrected chi connectivity index (χ1v) is 22.6. The molecular formula is C49H69Cl3N2O8. The van der Waals surface area contributed by atoms with Gasteiger partial charge in [-0.3, -0.25) is 19.2 Å². The lowest BCUT2D eigenvalue weighted by molar-refractivity contribution is -0.150. The third-order valence-electron chi connectivity index (χ3n) is 12.2. The second kappa shape index (κ2) is 20.4. The SMILES string of the molecule is C=Cc1cc(Cl)cc(CC)c1C1=C(OC(=O)C(C)(C)C)C2(CCC(OC)CC2)NC1=O.CC(C)(C)C(=O)Cl.CCc1cc(Cl)cc(C)c1C1=C(O)C2(CCC(OC)CC2)NC1=O.[HH].[HH]. The Kier molecular flexibility index (Phi) is 16.8. The van der Waals surface area contributed by atoms with Crippen molar-refractivity contribution in [2.24, 2.45) is 10.8 Å². The molecule has 10 nitrogen and oxygen atoms in total. The number of nitrogens with one attached hydrogen (secondary N) is 2. The van der Waals surface area contributed by atoms with Crippen molar-refractivity contribution in [2.45, 2.75) is 150 Å². The van der Waals surface area contributed by atoms with Crippen LogP contribution < -0.4 is 10.6 Å². The molecule has 0 bridgehead atoms. The molecule has 2 aromatic rings. The molecule has 0 saturated heterocycles. The molecule has 2 heterocycles. The molecule has 2 aromatic carbocycles. The Morgan fingerprint density at radius 3 is 1.66 bits per heavy atom. The number of hydrogen-bond acceptors (Lipinski definition) is 8. The van der Waals surface area contributed by atoms with Crippen LogP contribution >= 0.6 is 34.8 Å². The standard InChI is InChI=1S/C25H32ClNO4.C19H24ClNO3.C5H9ClO.2H2/c1-7-15-13-17(26)14-16(8-2)19(15)20-21(31-23(29)24(3,4)5)25(27-22(20)28)11-9-18(30-6)10-12-25;1-4-12-10-13(20)9-11(2)15(12)16-17(22)19(21-18(16)23)7-5-14(24-3)6-8-19;1-5(2,3)4(6)7;;/h7,13-14,18H,1,8-12H2,2-6H3,(H,27,28);9-10,14,22H,4-8H2,1-3H3,(H,21,23);1-3H3;2*1H. The number of amides is 2. The molecule has 0 radical (unpaired) electrons. The van der Waals surface area contributed by atoms with Crippen LogP contribution in [0.4, 0.5) is 0 Å². The summed E-state index contributed by atoms with van der Waals surface area (Å²) in [6, 6.07) is 7.38. The number of aliphatic hydroxyl groups excluding tert-OH is 1. The predicted molar refractivity (Wildman–Crippen MR) is 253 cm³/mol. The third-order valence-corrected chi connectivity index (χ3v) is 13.2. The van der Waals surface area contributed by atoms with E-state index in [9.17, 15) is 24.3 Å². The summed E-state index contributed by atoms with van der Waals surface area (Å²) in [5.41, 5.74) is 3.52. The number of ether oxygens (including phenoxy) is 3. The van der Waals surface area contributed by atoms with E-state index in [2.05, 4.69) is 17.2 Å². The first-order valence-electron chi connectivity index (χ1n) is 21.5. The van der Waals surface area contributed by atoms with Crippen LogP contribution in [0, 0.1) is 17.8 Å². The van der Waals surface area contributed by atoms with E-state index in [1.165, 1.54) is 0 Å². The summed E-state index contributed by atoms with van der Waals surface area (Å²) in [7, 11) is 3.41. The Balaban J connectivity index is 0.000000380. The number of methoxy groups -OCH3 is 2. The lowest BCUT2D eigenvalue weighted by Crippen LogP contribution is -2.49. The van der Waals surface area contributed by atoms with Crippen molar-refractivity contribution in [3.63, 3.8) is 0 Å². The first-order chi connectivity index (χ1) is 28.9. The third kappa shape index (κ3) is 11.2. The maximum atomic E-state index is 13.4. The quantitative estimate of drug-likeness (QED) is 0.176. The first kappa shape index (κ1) is 51.0. The van der Waals surface area contributed by atoms with Crippen LogP contribution in [-0.2, 0) is 46.2 Å². The molecule has 2 aliphatic heterocycles. The van der Waals surface area contributed by atoms with Gasteiger partial charge in [-0.25, -0.2) is 0 Å². The average Bonchev–Trinajstić information content (AvgIpc) is 3.60. The highest BCUT2D eigenvalue weighted by Gasteiger charge is 2.51. The number of benzene rings is 2. The Bertz CT molecular complexity index is 2120. The van der Waals surface area contributed by atoms with Crippen molar-refractivity contribution >= 4 is 75.1 Å². The maximum Gasteiger partial charge on any atom is 0.316 e. The molecule has 2 fully saturated rings. The largest absolute Gasteiger partial charge is 0.509 e. The molecule has 6 rings (SSSR count). The van der Waals surface area contributed by atoms with E-state index in [-0.39, 0.29) is 49.3 Å². The highest BCUT2D eigenvalue weighted by molar-refractivity contribution is 6.64. The number of rotatable bonds is 8. The van der Waals surface area contributed by atoms with Crippen LogP contribution in [0.1, 0.15) is 143 Å². The number of carbonyl (C=O) groups excluding carboxylic acids is 4. The minimum absolute atomic E-state index is 0. The Morgan fingerprint density at radius 1 is 0.790 bits per heavy atom. The smallest absolute Gasteiger partial charge is 0.316 e. The van der Waals surface area contributed by atoms with Crippen LogP contribution in [-0.4, -0.2) is 65.6 Å². The van der Waals surface area contributed by atoms with Gasteiger partial charge in [-0.15, -0.1) is 0 Å². The van der Waals surface area contributed by atoms with Gasteiger partial charge in [0.25, 0.3) is 11.8 Å². The maximum absolute atomic E-state index is 13.4. The molecule has 2 aliphatic carbocycles. The fourth-order valence-electron chi connectivity index (χ4n) is 8.45. The minimum Gasteiger partial charge on any atom is -0.509 e. The zero-order valence-corrected chi connectivity index (χ0v) is 40.5. The van der Waals surface area contributed by atoms with Crippen LogP contribution in [0.25, 0.3) is 17.2 Å². The molecule has 4 aliphatic rings. The summed E-state index contributed by atoms with van der Waals surface area (Å²) in [6.45, 7) is 20.7. The fourth-order valence-corrected chi connectivity index (χ4v) is 9.00. The van der Waals surface area contributed by atoms with Crippen molar-refractivity contribution in [1.82, 2.24) is 10.6 Å². The molecule has 0 atom stereocenters. The highest BCUT2D eigenvalue weighted by Crippen LogP contribution is 2.47. The van der Waals surface area contributed by atoms with E-state index in [4.69, 9.17) is 49.0 Å². The number of halogens is 3. The summed E-state index contributed by atoms with van der Waals surface area (Å²) in [4.78, 5) is 49.3. The summed E-state index contributed by atoms with van der Waals surface area (Å²) in [6.07, 6.45) is 9.33. The van der Waals surface area contributed by atoms with E-state index in [0.29, 0.717) is 59.1 Å². The molecule has 62 heavy (non-hydrogen) atoms. The Labute approximate surface area is 386 Å². The van der Waals surface area contributed by atoms with E-state index in [1.807, 2.05) is 59.7 Å². The number of carbonyl (C=O) groups is 4. The molecule has 3 N–H and O–H groups in total. The lowest BCUT2D eigenvalue weighted by Gasteiger charge is -2.38. The Hall–Kier alpha value is -3.67. The van der Waals surface area contributed by atoms with Gasteiger partial charge in [0.2, 0.25) is 5.24 Å². The number of aliphatic hydroxyl groups is 1. The van der Waals surface area contributed by atoms with Gasteiger partial charge in [-0.05, 0) is 156 Å². The van der Waals surface area contributed by atoms with Crippen molar-refractivity contribution in [2.75, 3.05) is 14.2 Å². The molecule has 2 spiro atoms. The van der Waals surface area contributed by atoms with Crippen molar-refractivity contribution in [1.29, 1.82) is 0 Å². The Morgan fingerprint density at radius 2 is 1.23 bits per heavy atom. The van der Waals surface area contributed by atoms with Gasteiger partial charge < -0.3 is 30.0 Å². The number of hydrogen-bond donors (Lipinski definition) is 3. The van der Waals surface area contributed by atoms with Crippen molar-refractivity contribution < 1.29 is 41.3 Å². The van der Waals surface area contributed by atoms with E-state index < -0.39 is 16.5 Å². The monoisotopic (exact) mass is 918 g/mol. The van der Waals surface area contributed by atoms with Crippen LogP contribution in [0.2, 0.25) is 10.0 Å². The van der Waals surface area contributed by atoms with Gasteiger partial charge in [0.05, 0.1) is 39.8 Å². The van der Waals surface area contributed by atoms with Gasteiger partial charge in [-0.1, -0.05) is 70.5 Å². The van der Waals surface area contributed by atoms with E-state index >= 15 is 0 Å². The molecular weight excluding hydrogens is 851 g/mol. The summed E-state index contributed by atoms with van der Waals surface area (Å²) in [5, 5.41) is 18.2. The normalized spacial score (nSPS) is 23.6. The van der Waals surface area contributed by atoms with Crippen molar-refractivity contribution in [3.05, 3.63) is 85.8 Å². The predicted octanol–water partition coefficient (Wildman–Crippen LogP) is 11.5. The van der Waals surface area contributed by atoms with Gasteiger partial charge in [0, 0.05) is 38.1 Å². The number of esters is 1. The van der Waals surface area contributed by atoms with E-state index in [0.717, 1.165) is 65.5 Å². The van der Waals surface area contributed by atoms with Crippen LogP contribution in [0.15, 0.2) is 42.4 Å². The van der Waals surface area contributed by atoms with Gasteiger partial charge in [-0.2, -0.15) is 0 Å². The summed E-state index contributed by atoms with van der Waals surface area (Å²) in [5.74, 6) is -0.178. The van der Waals surface area contributed by atoms with Crippen LogP contribution in [0.3, 0.4) is 0 Å². The molecule has 2 amide bonds. The minimum atomic E-state index is -0.717. The zero-order valence-electron chi connectivity index (χ0n) is 38.3. The molecule has 344 valence electrons. The second-order valence-electron chi connectivity index (χ2n) is 18.7. The lowest BCUT2D eigenvalue weighted by atomic mass is 9.78. The van der Waals surface area contributed by atoms with Gasteiger partial charge >= 0.3 is 5.97 Å². The molecule has 0 aromatic heterocycles. The molecule has 2 saturated carbocycles. The summed E-state index contributed by atoms with van der Waals surface area (Å²) >= 11 is 17.6. The molecule has 13 heteroatoms.